The fourth-order valence-electron chi connectivity index (χ4n) is 1.80. The summed E-state index contributed by atoms with van der Waals surface area (Å²) in [5.74, 6) is 0.798. The summed E-state index contributed by atoms with van der Waals surface area (Å²) in [5.41, 5.74) is 0.584. The van der Waals surface area contributed by atoms with Crippen LogP contribution in [0.3, 0.4) is 0 Å². The first-order valence-corrected chi connectivity index (χ1v) is 6.17. The number of amides is 1. The highest BCUT2D eigenvalue weighted by molar-refractivity contribution is 5.94. The minimum Gasteiger partial charge on any atom is -0.378 e. The molecule has 2 heterocycles. The number of anilines is 1. The largest absolute Gasteiger partial charge is 0.378 e. The Morgan fingerprint density at radius 2 is 2.22 bits per heavy atom. The second-order valence-corrected chi connectivity index (χ2v) is 4.11. The summed E-state index contributed by atoms with van der Waals surface area (Å²) in [7, 11) is 0. The molecule has 0 aliphatic carbocycles. The molecule has 0 atom stereocenters. The van der Waals surface area contributed by atoms with Crippen LogP contribution in [0.1, 0.15) is 16.8 Å². The van der Waals surface area contributed by atoms with E-state index in [9.17, 15) is 4.79 Å². The molecule has 0 spiro atoms. The number of nitrogens with zero attached hydrogens (tertiary/aromatic N) is 2. The van der Waals surface area contributed by atoms with Crippen molar-refractivity contribution in [1.29, 1.82) is 0 Å². The maximum Gasteiger partial charge on any atom is 0.252 e. The average molecular weight is 248 g/mol. The normalized spacial score (nSPS) is 15.5. The maximum atomic E-state index is 11.7. The van der Waals surface area contributed by atoms with Crippen molar-refractivity contribution in [1.82, 2.24) is 10.3 Å². The molecule has 97 valence electrons. The highest BCUT2D eigenvalue weighted by atomic mass is 16.5. The highest BCUT2D eigenvalue weighted by Crippen LogP contribution is 2.12. The fraction of sp³-hybridized carbons (Fsp3) is 0.462. The Kier molecular flexibility index (Phi) is 4.52. The predicted octanol–water partition coefficient (Wildman–Crippen LogP) is 0.872. The van der Waals surface area contributed by atoms with Crippen LogP contribution in [0.4, 0.5) is 5.82 Å². The van der Waals surface area contributed by atoms with Gasteiger partial charge in [0.25, 0.3) is 5.91 Å². The molecule has 5 heteroatoms. The van der Waals surface area contributed by atoms with Gasteiger partial charge < -0.3 is 15.0 Å². The molecule has 1 aliphatic rings. The summed E-state index contributed by atoms with van der Waals surface area (Å²) in [5, 5.41) is 2.77. The molecule has 1 saturated heterocycles. The van der Waals surface area contributed by atoms with Gasteiger partial charge in [-0.25, -0.2) is 4.98 Å². The van der Waals surface area contributed by atoms with Gasteiger partial charge in [-0.05, 0) is 18.6 Å². The molecule has 1 amide bonds. The lowest BCUT2D eigenvalue weighted by atomic mass is 10.2. The molecule has 1 N–H and O–H groups in total. The predicted molar refractivity (Wildman–Crippen MR) is 69.6 cm³/mol. The van der Waals surface area contributed by atoms with Crippen molar-refractivity contribution in [2.24, 2.45) is 0 Å². The Morgan fingerprint density at radius 3 is 2.83 bits per heavy atom. The van der Waals surface area contributed by atoms with Gasteiger partial charge in [-0.1, -0.05) is 6.92 Å². The van der Waals surface area contributed by atoms with E-state index in [1.807, 2.05) is 6.07 Å². The van der Waals surface area contributed by atoms with E-state index in [2.05, 4.69) is 22.1 Å². The van der Waals surface area contributed by atoms with Gasteiger partial charge in [-0.3, -0.25) is 4.79 Å². The standard InChI is InChI=1S/C13H18N3O2/c1-2-5-14-13(17)11-3-4-12(15-10-11)16-6-8-18-9-7-16/h3-4,10H,1-2,5-9H2,(H,14,17). The monoisotopic (exact) mass is 248 g/mol. The summed E-state index contributed by atoms with van der Waals surface area (Å²) < 4.78 is 5.29. The van der Waals surface area contributed by atoms with Crippen LogP contribution in [0.2, 0.25) is 0 Å². The van der Waals surface area contributed by atoms with Gasteiger partial charge in [0.05, 0.1) is 18.8 Å². The number of carbonyl (C=O) groups is 1. The third-order valence-electron chi connectivity index (χ3n) is 2.81. The van der Waals surface area contributed by atoms with Crippen molar-refractivity contribution >= 4 is 11.7 Å². The highest BCUT2D eigenvalue weighted by Gasteiger charge is 2.13. The molecule has 1 aromatic heterocycles. The van der Waals surface area contributed by atoms with Crippen molar-refractivity contribution in [3.8, 4) is 0 Å². The molecule has 1 radical (unpaired) electrons. The Labute approximate surface area is 107 Å². The molecule has 0 saturated carbocycles. The zero-order valence-corrected chi connectivity index (χ0v) is 10.4. The summed E-state index contributed by atoms with van der Waals surface area (Å²) >= 11 is 0. The number of ether oxygens (including phenoxy) is 1. The van der Waals surface area contributed by atoms with E-state index >= 15 is 0 Å². The molecular formula is C13H18N3O2. The second-order valence-electron chi connectivity index (χ2n) is 4.11. The van der Waals surface area contributed by atoms with Crippen LogP contribution >= 0.6 is 0 Å². The van der Waals surface area contributed by atoms with Crippen molar-refractivity contribution in [3.63, 3.8) is 0 Å². The SMILES string of the molecule is [CH2]CCNC(=O)c1ccc(N2CCOCC2)nc1. The summed E-state index contributed by atoms with van der Waals surface area (Å²) in [6, 6.07) is 3.68. The van der Waals surface area contributed by atoms with Crippen molar-refractivity contribution in [2.45, 2.75) is 6.42 Å². The topological polar surface area (TPSA) is 54.5 Å². The van der Waals surface area contributed by atoms with Crippen molar-refractivity contribution in [2.75, 3.05) is 37.7 Å². The first-order valence-electron chi connectivity index (χ1n) is 6.17. The molecule has 1 aromatic rings. The number of rotatable bonds is 4. The number of hydrogen-bond donors (Lipinski definition) is 1. The van der Waals surface area contributed by atoms with Gasteiger partial charge in [-0.15, -0.1) is 0 Å². The zero-order valence-electron chi connectivity index (χ0n) is 10.4. The van der Waals surface area contributed by atoms with Crippen LogP contribution in [-0.4, -0.2) is 43.7 Å². The molecule has 0 bridgehead atoms. The quantitative estimate of drug-likeness (QED) is 0.859. The molecule has 1 fully saturated rings. The van der Waals surface area contributed by atoms with Crippen molar-refractivity contribution in [3.05, 3.63) is 30.8 Å². The number of aromatic nitrogens is 1. The molecule has 1 aliphatic heterocycles. The number of nitrogens with one attached hydrogen (secondary N) is 1. The number of hydrogen-bond acceptors (Lipinski definition) is 4. The first kappa shape index (κ1) is 12.8. The lowest BCUT2D eigenvalue weighted by Gasteiger charge is -2.27. The van der Waals surface area contributed by atoms with E-state index in [0.717, 1.165) is 32.1 Å². The summed E-state index contributed by atoms with van der Waals surface area (Å²) in [6.45, 7) is 7.42. The average Bonchev–Trinajstić information content (AvgIpc) is 2.46. The van der Waals surface area contributed by atoms with Gasteiger partial charge >= 0.3 is 0 Å². The van der Waals surface area contributed by atoms with Crippen LogP contribution < -0.4 is 10.2 Å². The van der Waals surface area contributed by atoms with Gasteiger partial charge in [0, 0.05) is 25.8 Å². The molecule has 0 unspecified atom stereocenters. The molecular weight excluding hydrogens is 230 g/mol. The van der Waals surface area contributed by atoms with E-state index in [0.29, 0.717) is 18.5 Å². The smallest absolute Gasteiger partial charge is 0.252 e. The molecule has 5 nitrogen and oxygen atoms in total. The van der Waals surface area contributed by atoms with E-state index in [1.54, 1.807) is 12.3 Å². The third-order valence-corrected chi connectivity index (χ3v) is 2.81. The van der Waals surface area contributed by atoms with Gasteiger partial charge in [0.2, 0.25) is 0 Å². The van der Waals surface area contributed by atoms with E-state index < -0.39 is 0 Å². The van der Waals surface area contributed by atoms with Gasteiger partial charge in [-0.2, -0.15) is 0 Å². The molecule has 0 aromatic carbocycles. The second kappa shape index (κ2) is 6.35. The van der Waals surface area contributed by atoms with Gasteiger partial charge in [0.15, 0.2) is 0 Å². The Balaban J connectivity index is 1.98. The zero-order chi connectivity index (χ0) is 12.8. The fourth-order valence-corrected chi connectivity index (χ4v) is 1.80. The molecule has 18 heavy (non-hydrogen) atoms. The first-order chi connectivity index (χ1) is 8.81. The van der Waals surface area contributed by atoms with E-state index in [4.69, 9.17) is 4.74 Å². The van der Waals surface area contributed by atoms with Crippen LogP contribution in [0.5, 0.6) is 0 Å². The number of morpholine rings is 1. The third kappa shape index (κ3) is 3.20. The van der Waals surface area contributed by atoms with E-state index in [-0.39, 0.29) is 5.91 Å². The maximum absolute atomic E-state index is 11.7. The van der Waals surface area contributed by atoms with Crippen LogP contribution in [0.25, 0.3) is 0 Å². The minimum absolute atomic E-state index is 0.0975. The van der Waals surface area contributed by atoms with Gasteiger partial charge in [0.1, 0.15) is 5.82 Å². The molecule has 2 rings (SSSR count). The Bertz CT molecular complexity index is 386. The number of pyridine rings is 1. The Hall–Kier alpha value is -1.62. The number of carbonyl (C=O) groups excluding carboxylic acids is 1. The summed E-state index contributed by atoms with van der Waals surface area (Å²) in [6.07, 6.45) is 2.30. The summed E-state index contributed by atoms with van der Waals surface area (Å²) in [4.78, 5) is 18.2. The van der Waals surface area contributed by atoms with Crippen LogP contribution in [-0.2, 0) is 4.74 Å². The van der Waals surface area contributed by atoms with Crippen LogP contribution in [0, 0.1) is 6.92 Å². The van der Waals surface area contributed by atoms with E-state index in [1.165, 1.54) is 0 Å². The Morgan fingerprint density at radius 1 is 1.44 bits per heavy atom. The lowest BCUT2D eigenvalue weighted by Crippen LogP contribution is -2.36. The lowest BCUT2D eigenvalue weighted by molar-refractivity contribution is 0.0954. The minimum atomic E-state index is -0.0975. The van der Waals surface area contributed by atoms with Crippen LogP contribution in [0.15, 0.2) is 18.3 Å². The van der Waals surface area contributed by atoms with Crippen molar-refractivity contribution < 1.29 is 9.53 Å².